The average molecular weight is 490 g/mol. The number of nitrogens with zero attached hydrogens (tertiary/aromatic N) is 3. The molecule has 1 saturated carbocycles. The van der Waals surface area contributed by atoms with E-state index >= 15 is 0 Å². The van der Waals surface area contributed by atoms with Crippen molar-refractivity contribution in [1.82, 2.24) is 25.6 Å². The SMILES string of the molecule is COc1ccc(Nc2nc(CNCC3SC(=O)NC3=O)nc(NCC3CCCCC3)n2)cc1F. The Hall–Kier alpha value is -2.99. The number of benzene rings is 1. The van der Waals surface area contributed by atoms with Crippen molar-refractivity contribution in [3.8, 4) is 5.75 Å². The minimum atomic E-state index is -0.499. The molecular formula is C22H28FN7O3S. The first-order chi connectivity index (χ1) is 16.5. The number of hydrogen-bond acceptors (Lipinski definition) is 10. The molecule has 1 atom stereocenters. The first kappa shape index (κ1) is 24.1. The van der Waals surface area contributed by atoms with Gasteiger partial charge in [-0.1, -0.05) is 19.3 Å². The van der Waals surface area contributed by atoms with Crippen LogP contribution in [0.3, 0.4) is 0 Å². The highest BCUT2D eigenvalue weighted by atomic mass is 32.2. The van der Waals surface area contributed by atoms with Crippen molar-refractivity contribution in [2.75, 3.05) is 30.8 Å². The fraction of sp³-hybridized carbons (Fsp3) is 0.500. The number of aromatic nitrogens is 3. The van der Waals surface area contributed by atoms with Crippen molar-refractivity contribution in [1.29, 1.82) is 0 Å². The third-order valence-corrected chi connectivity index (χ3v) is 6.72. The van der Waals surface area contributed by atoms with Crippen LogP contribution in [0.2, 0.25) is 0 Å². The maximum Gasteiger partial charge on any atom is 0.286 e. The van der Waals surface area contributed by atoms with Crippen LogP contribution in [0.4, 0.5) is 26.8 Å². The average Bonchev–Trinajstić information content (AvgIpc) is 3.15. The lowest BCUT2D eigenvalue weighted by atomic mass is 9.89. The molecule has 34 heavy (non-hydrogen) atoms. The Bertz CT molecular complexity index is 1040. The molecule has 1 unspecified atom stereocenters. The molecule has 4 rings (SSSR count). The van der Waals surface area contributed by atoms with Crippen molar-refractivity contribution >= 4 is 40.5 Å². The molecule has 1 aromatic heterocycles. The predicted molar refractivity (Wildman–Crippen MR) is 128 cm³/mol. The standard InChI is InChI=1S/C22H28FN7O3S/c1-33-16-8-7-14(9-15(16)23)26-21-28-18(12-24-11-17-19(31)29-22(32)34-17)27-20(30-21)25-10-13-5-3-2-4-6-13/h7-9,13,17,24H,2-6,10-12H2,1H3,(H,29,31,32)(H2,25,26,27,28,30). The maximum atomic E-state index is 14.1. The number of amides is 2. The van der Waals surface area contributed by atoms with Gasteiger partial charge in [0, 0.05) is 24.8 Å². The number of methoxy groups -OCH3 is 1. The molecule has 4 N–H and O–H groups in total. The second kappa shape index (κ2) is 11.4. The molecule has 12 heteroatoms. The van der Waals surface area contributed by atoms with Crippen molar-refractivity contribution in [3.63, 3.8) is 0 Å². The van der Waals surface area contributed by atoms with Crippen LogP contribution in [0.25, 0.3) is 0 Å². The summed E-state index contributed by atoms with van der Waals surface area (Å²) in [5.74, 6) is 1.07. The second-order valence-corrected chi connectivity index (χ2v) is 9.45. The van der Waals surface area contributed by atoms with Crippen molar-refractivity contribution in [2.24, 2.45) is 5.92 Å². The highest BCUT2D eigenvalue weighted by Gasteiger charge is 2.31. The van der Waals surface area contributed by atoms with E-state index in [1.807, 2.05) is 0 Å². The second-order valence-electron chi connectivity index (χ2n) is 8.27. The fourth-order valence-electron chi connectivity index (χ4n) is 3.98. The summed E-state index contributed by atoms with van der Waals surface area (Å²) in [6.07, 6.45) is 6.13. The normalized spacial score (nSPS) is 18.6. The quantitative estimate of drug-likeness (QED) is 0.395. The smallest absolute Gasteiger partial charge is 0.286 e. The zero-order chi connectivity index (χ0) is 23.9. The highest BCUT2D eigenvalue weighted by Crippen LogP contribution is 2.25. The molecule has 182 valence electrons. The van der Waals surface area contributed by atoms with E-state index in [4.69, 9.17) is 4.74 Å². The Balaban J connectivity index is 1.45. The molecule has 0 radical (unpaired) electrons. The van der Waals surface area contributed by atoms with Crippen LogP contribution in [0, 0.1) is 11.7 Å². The third-order valence-electron chi connectivity index (χ3n) is 5.74. The minimum absolute atomic E-state index is 0.147. The number of nitrogens with one attached hydrogen (secondary N) is 4. The van der Waals surface area contributed by atoms with Crippen LogP contribution in [0.5, 0.6) is 5.75 Å². The molecule has 2 heterocycles. The number of carbonyl (C=O) groups is 2. The number of thioether (sulfide) groups is 1. The number of halogens is 1. The van der Waals surface area contributed by atoms with Crippen LogP contribution in [-0.4, -0.2) is 51.5 Å². The van der Waals surface area contributed by atoms with Gasteiger partial charge in [-0.25, -0.2) is 4.39 Å². The molecule has 2 fully saturated rings. The fourth-order valence-corrected chi connectivity index (χ4v) is 4.76. The highest BCUT2D eigenvalue weighted by molar-refractivity contribution is 8.15. The van der Waals surface area contributed by atoms with E-state index in [0.717, 1.165) is 18.3 Å². The Labute approximate surface area is 201 Å². The van der Waals surface area contributed by atoms with Gasteiger partial charge in [0.1, 0.15) is 11.1 Å². The number of anilines is 3. The lowest BCUT2D eigenvalue weighted by molar-refractivity contribution is -0.118. The number of ether oxygens (including phenoxy) is 1. The Morgan fingerprint density at radius 3 is 2.62 bits per heavy atom. The van der Waals surface area contributed by atoms with Crippen LogP contribution < -0.4 is 26.0 Å². The largest absolute Gasteiger partial charge is 0.494 e. The molecular weight excluding hydrogens is 461 g/mol. The summed E-state index contributed by atoms with van der Waals surface area (Å²) in [5.41, 5.74) is 0.471. The van der Waals surface area contributed by atoms with Gasteiger partial charge in [-0.15, -0.1) is 0 Å². The molecule has 10 nitrogen and oxygen atoms in total. The number of hydrogen-bond donors (Lipinski definition) is 4. The number of imide groups is 1. The molecule has 0 bridgehead atoms. The van der Waals surface area contributed by atoms with E-state index in [-0.39, 0.29) is 29.4 Å². The van der Waals surface area contributed by atoms with Crippen LogP contribution in [-0.2, 0) is 11.3 Å². The van der Waals surface area contributed by atoms with Gasteiger partial charge in [0.25, 0.3) is 5.24 Å². The van der Waals surface area contributed by atoms with Gasteiger partial charge >= 0.3 is 0 Å². The maximum absolute atomic E-state index is 14.1. The summed E-state index contributed by atoms with van der Waals surface area (Å²) < 4.78 is 19.1. The zero-order valence-electron chi connectivity index (χ0n) is 18.9. The van der Waals surface area contributed by atoms with E-state index in [9.17, 15) is 14.0 Å². The van der Waals surface area contributed by atoms with E-state index in [1.165, 1.54) is 51.3 Å². The Morgan fingerprint density at radius 2 is 1.91 bits per heavy atom. The Morgan fingerprint density at radius 1 is 1.12 bits per heavy atom. The third kappa shape index (κ3) is 6.54. The molecule has 0 spiro atoms. The van der Waals surface area contributed by atoms with Crippen molar-refractivity contribution in [2.45, 2.75) is 43.9 Å². The molecule has 1 aliphatic carbocycles. The summed E-state index contributed by atoms with van der Waals surface area (Å²) >= 11 is 0.959. The van der Waals surface area contributed by atoms with Crippen molar-refractivity contribution < 1.29 is 18.7 Å². The van der Waals surface area contributed by atoms with E-state index < -0.39 is 11.1 Å². The van der Waals surface area contributed by atoms with Gasteiger partial charge in [-0.2, -0.15) is 15.0 Å². The molecule has 1 saturated heterocycles. The van der Waals surface area contributed by atoms with Crippen LogP contribution in [0.15, 0.2) is 18.2 Å². The van der Waals surface area contributed by atoms with Gasteiger partial charge in [-0.3, -0.25) is 14.9 Å². The summed E-state index contributed by atoms with van der Waals surface area (Å²) in [7, 11) is 1.41. The lowest BCUT2D eigenvalue weighted by Crippen LogP contribution is -2.32. The number of rotatable bonds is 10. The van der Waals surface area contributed by atoms with Crippen molar-refractivity contribution in [3.05, 3.63) is 29.8 Å². The Kier molecular flexibility index (Phi) is 8.12. The van der Waals surface area contributed by atoms with Gasteiger partial charge in [-0.05, 0) is 42.7 Å². The summed E-state index contributed by atoms with van der Waals surface area (Å²) in [4.78, 5) is 36.5. The van der Waals surface area contributed by atoms with Gasteiger partial charge in [0.15, 0.2) is 11.6 Å². The lowest BCUT2D eigenvalue weighted by Gasteiger charge is -2.21. The molecule has 1 aromatic carbocycles. The molecule has 2 aromatic rings. The van der Waals surface area contributed by atoms with Gasteiger partial charge in [0.05, 0.1) is 13.7 Å². The molecule has 2 amide bonds. The van der Waals surface area contributed by atoms with E-state index in [0.29, 0.717) is 29.9 Å². The van der Waals surface area contributed by atoms with E-state index in [1.54, 1.807) is 6.07 Å². The number of carbonyl (C=O) groups excluding carboxylic acids is 2. The molecule has 2 aliphatic rings. The molecule has 1 aliphatic heterocycles. The van der Waals surface area contributed by atoms with Gasteiger partial charge in [0.2, 0.25) is 17.8 Å². The first-order valence-corrected chi connectivity index (χ1v) is 12.2. The summed E-state index contributed by atoms with van der Waals surface area (Å²) in [6, 6.07) is 4.50. The summed E-state index contributed by atoms with van der Waals surface area (Å²) in [5, 5.41) is 10.9. The predicted octanol–water partition coefficient (Wildman–Crippen LogP) is 3.20. The van der Waals surface area contributed by atoms with Crippen LogP contribution in [0.1, 0.15) is 37.9 Å². The monoisotopic (exact) mass is 489 g/mol. The van der Waals surface area contributed by atoms with E-state index in [2.05, 4.69) is 36.2 Å². The first-order valence-electron chi connectivity index (χ1n) is 11.3. The van der Waals surface area contributed by atoms with Gasteiger partial charge < -0.3 is 20.7 Å². The van der Waals surface area contributed by atoms with Crippen LogP contribution >= 0.6 is 11.8 Å². The minimum Gasteiger partial charge on any atom is -0.494 e. The zero-order valence-corrected chi connectivity index (χ0v) is 19.7. The summed E-state index contributed by atoms with van der Waals surface area (Å²) in [6.45, 7) is 1.34. The topological polar surface area (TPSA) is 130 Å².